The second-order valence-electron chi connectivity index (χ2n) is 5.55. The van der Waals surface area contributed by atoms with Crippen LogP contribution in [0.25, 0.3) is 0 Å². The first-order valence-electron chi connectivity index (χ1n) is 5.73. The molecule has 4 atom stereocenters. The first-order chi connectivity index (χ1) is 7.33. The first kappa shape index (κ1) is 12.1. The van der Waals surface area contributed by atoms with Crippen LogP contribution in [0.2, 0.25) is 0 Å². The summed E-state index contributed by atoms with van der Waals surface area (Å²) in [5.41, 5.74) is -0.460. The summed E-state index contributed by atoms with van der Waals surface area (Å²) in [6.45, 7) is 4.10. The lowest BCUT2D eigenvalue weighted by Gasteiger charge is -2.36. The number of aliphatic carboxylic acids is 1. The summed E-state index contributed by atoms with van der Waals surface area (Å²) in [5.74, 6) is -0.185. The highest BCUT2D eigenvalue weighted by Gasteiger charge is 2.67. The Bertz CT molecular complexity index is 354. The van der Waals surface area contributed by atoms with E-state index in [-0.39, 0.29) is 27.9 Å². The minimum absolute atomic E-state index is 0.0648. The summed E-state index contributed by atoms with van der Waals surface area (Å²) in [5, 5.41) is 8.80. The molecule has 0 aromatic rings. The van der Waals surface area contributed by atoms with Crippen LogP contribution in [0.15, 0.2) is 0 Å². The fourth-order valence-electron chi connectivity index (χ4n) is 3.65. The summed E-state index contributed by atoms with van der Waals surface area (Å²) < 4.78 is 0. The normalized spacial score (nSPS) is 46.3. The summed E-state index contributed by atoms with van der Waals surface area (Å²) in [7, 11) is 0. The highest BCUT2D eigenvalue weighted by Crippen LogP contribution is 2.67. The molecule has 2 rings (SSSR count). The zero-order valence-corrected chi connectivity index (χ0v) is 11.2. The third-order valence-corrected chi connectivity index (χ3v) is 6.09. The van der Waals surface area contributed by atoms with Gasteiger partial charge in [-0.05, 0) is 30.6 Å². The molecular formula is C12H17BrO3. The molecule has 0 saturated heterocycles. The Hall–Kier alpha value is -0.380. The number of carbonyl (C=O) groups is 2. The van der Waals surface area contributed by atoms with Crippen LogP contribution in [-0.2, 0) is 9.59 Å². The molecule has 0 aromatic carbocycles. The Kier molecular flexibility index (Phi) is 2.69. The van der Waals surface area contributed by atoms with Gasteiger partial charge in [0, 0.05) is 11.8 Å². The molecule has 16 heavy (non-hydrogen) atoms. The summed E-state index contributed by atoms with van der Waals surface area (Å²) in [6, 6.07) is 0. The molecule has 90 valence electrons. The van der Waals surface area contributed by atoms with Gasteiger partial charge in [0.1, 0.15) is 0 Å². The zero-order valence-electron chi connectivity index (χ0n) is 9.62. The maximum atomic E-state index is 12.2. The number of ketones is 1. The van der Waals surface area contributed by atoms with Crippen molar-refractivity contribution in [2.45, 2.75) is 44.4 Å². The minimum atomic E-state index is -0.769. The van der Waals surface area contributed by atoms with E-state index < -0.39 is 5.97 Å². The van der Waals surface area contributed by atoms with Gasteiger partial charge in [-0.3, -0.25) is 9.59 Å². The van der Waals surface area contributed by atoms with E-state index in [0.717, 1.165) is 12.8 Å². The van der Waals surface area contributed by atoms with Crippen molar-refractivity contribution in [1.82, 2.24) is 0 Å². The van der Waals surface area contributed by atoms with Gasteiger partial charge in [-0.25, -0.2) is 0 Å². The molecule has 2 saturated carbocycles. The number of fused-ring (bicyclic) bond motifs is 2. The van der Waals surface area contributed by atoms with Crippen molar-refractivity contribution < 1.29 is 14.7 Å². The number of alkyl halides is 1. The van der Waals surface area contributed by atoms with Crippen molar-refractivity contribution in [3.05, 3.63) is 0 Å². The molecule has 2 fully saturated rings. The van der Waals surface area contributed by atoms with E-state index in [9.17, 15) is 9.59 Å². The van der Waals surface area contributed by atoms with E-state index in [4.69, 9.17) is 5.11 Å². The van der Waals surface area contributed by atoms with Crippen LogP contribution in [0.4, 0.5) is 0 Å². The molecule has 2 aliphatic carbocycles. The summed E-state index contributed by atoms with van der Waals surface area (Å²) in [6.07, 6.45) is 2.72. The quantitative estimate of drug-likeness (QED) is 0.813. The van der Waals surface area contributed by atoms with E-state index in [1.54, 1.807) is 0 Å². The topological polar surface area (TPSA) is 54.4 Å². The number of halogens is 1. The fourth-order valence-corrected chi connectivity index (χ4v) is 5.00. The number of carboxylic acids is 1. The smallest absolute Gasteiger partial charge is 0.303 e. The maximum absolute atomic E-state index is 12.2. The van der Waals surface area contributed by atoms with Gasteiger partial charge >= 0.3 is 5.97 Å². The van der Waals surface area contributed by atoms with Gasteiger partial charge in [-0.1, -0.05) is 29.8 Å². The fraction of sp³-hybridized carbons (Fsp3) is 0.833. The molecule has 3 nitrogen and oxygen atoms in total. The number of hydrogen-bond donors (Lipinski definition) is 1. The average Bonchev–Trinajstić information content (AvgIpc) is 2.54. The highest BCUT2D eigenvalue weighted by atomic mass is 79.9. The molecule has 0 unspecified atom stereocenters. The number of rotatable bonds is 3. The molecule has 2 aliphatic rings. The lowest BCUT2D eigenvalue weighted by Crippen LogP contribution is -2.35. The maximum Gasteiger partial charge on any atom is 0.303 e. The van der Waals surface area contributed by atoms with Gasteiger partial charge in [0.05, 0.1) is 4.83 Å². The molecular weight excluding hydrogens is 272 g/mol. The molecule has 0 aliphatic heterocycles. The van der Waals surface area contributed by atoms with E-state index in [1.807, 2.05) is 6.92 Å². The third-order valence-electron chi connectivity index (χ3n) is 5.04. The predicted molar refractivity (Wildman–Crippen MR) is 63.5 cm³/mol. The first-order valence-corrected chi connectivity index (χ1v) is 6.65. The predicted octanol–water partition coefficient (Wildman–Crippen LogP) is 2.62. The van der Waals surface area contributed by atoms with Crippen molar-refractivity contribution in [2.75, 3.05) is 0 Å². The lowest BCUT2D eigenvalue weighted by atomic mass is 9.66. The van der Waals surface area contributed by atoms with Crippen LogP contribution in [0.5, 0.6) is 0 Å². The Morgan fingerprint density at radius 2 is 2.19 bits per heavy atom. The molecule has 0 amide bonds. The lowest BCUT2D eigenvalue weighted by molar-refractivity contribution is -0.139. The molecule has 0 aromatic heterocycles. The van der Waals surface area contributed by atoms with Gasteiger partial charge in [0.15, 0.2) is 5.78 Å². The van der Waals surface area contributed by atoms with E-state index in [1.165, 1.54) is 0 Å². The summed E-state index contributed by atoms with van der Waals surface area (Å²) in [4.78, 5) is 22.8. The Balaban J connectivity index is 2.28. The van der Waals surface area contributed by atoms with Crippen molar-refractivity contribution in [3.63, 3.8) is 0 Å². The van der Waals surface area contributed by atoms with Gasteiger partial charge in [0.25, 0.3) is 0 Å². The Morgan fingerprint density at radius 1 is 1.56 bits per heavy atom. The van der Waals surface area contributed by atoms with Gasteiger partial charge in [-0.15, -0.1) is 0 Å². The Labute approximate surface area is 104 Å². The minimum Gasteiger partial charge on any atom is -0.481 e. The van der Waals surface area contributed by atoms with Crippen LogP contribution >= 0.6 is 15.9 Å². The van der Waals surface area contributed by atoms with E-state index in [2.05, 4.69) is 22.9 Å². The van der Waals surface area contributed by atoms with Crippen LogP contribution in [0, 0.1) is 16.7 Å². The second-order valence-corrected chi connectivity index (χ2v) is 6.54. The largest absolute Gasteiger partial charge is 0.481 e. The summed E-state index contributed by atoms with van der Waals surface area (Å²) >= 11 is 3.48. The third kappa shape index (κ3) is 1.31. The van der Waals surface area contributed by atoms with Gasteiger partial charge in [-0.2, -0.15) is 0 Å². The van der Waals surface area contributed by atoms with Crippen molar-refractivity contribution >= 4 is 27.7 Å². The molecule has 2 bridgehead atoms. The van der Waals surface area contributed by atoms with Crippen LogP contribution in [-0.4, -0.2) is 21.7 Å². The van der Waals surface area contributed by atoms with Crippen molar-refractivity contribution in [1.29, 1.82) is 0 Å². The Morgan fingerprint density at radius 3 is 2.62 bits per heavy atom. The van der Waals surface area contributed by atoms with Crippen LogP contribution in [0.1, 0.15) is 39.5 Å². The molecule has 1 N–H and O–H groups in total. The van der Waals surface area contributed by atoms with Gasteiger partial charge in [0.2, 0.25) is 0 Å². The molecule has 0 radical (unpaired) electrons. The molecule has 0 heterocycles. The number of Topliss-reactive ketones (excluding diaryl/α,β-unsaturated/α-hetero) is 1. The van der Waals surface area contributed by atoms with Crippen molar-refractivity contribution in [3.8, 4) is 0 Å². The van der Waals surface area contributed by atoms with E-state index >= 15 is 0 Å². The number of hydrogen-bond acceptors (Lipinski definition) is 2. The van der Waals surface area contributed by atoms with Crippen LogP contribution in [0.3, 0.4) is 0 Å². The van der Waals surface area contributed by atoms with Gasteiger partial charge < -0.3 is 5.11 Å². The van der Waals surface area contributed by atoms with Crippen LogP contribution < -0.4 is 0 Å². The number of carboxylic acid groups (broad SMARTS) is 1. The average molecular weight is 289 g/mol. The van der Waals surface area contributed by atoms with Crippen molar-refractivity contribution in [2.24, 2.45) is 16.7 Å². The standard InChI is InChI=1S/C12H17BrO3/c1-11(6-4-8(14)15)7-3-5-12(11,2)10(16)9(7)13/h7,9H,3-6H2,1-2H3,(H,14,15)/t7-,9-,11-,12-/m1/s1. The monoisotopic (exact) mass is 288 g/mol. The second kappa shape index (κ2) is 3.56. The van der Waals surface area contributed by atoms with E-state index in [0.29, 0.717) is 12.3 Å². The highest BCUT2D eigenvalue weighted by molar-refractivity contribution is 9.10. The molecule has 4 heteroatoms. The number of carbonyl (C=O) groups excluding carboxylic acids is 1. The zero-order chi connectivity index (χ0) is 12.1. The SMILES string of the molecule is C[C@@]12CC[C@H]([C@@H](Br)C1=O)[C@@]2(C)CCC(=O)O. The molecule has 0 spiro atoms.